The second-order valence-electron chi connectivity index (χ2n) is 9.23. The van der Waals surface area contributed by atoms with Crippen molar-refractivity contribution in [3.8, 4) is 0 Å². The molecule has 1 saturated heterocycles. The van der Waals surface area contributed by atoms with Crippen molar-refractivity contribution in [2.24, 2.45) is 5.73 Å². The number of piperidine rings is 1. The van der Waals surface area contributed by atoms with Crippen LogP contribution in [0.2, 0.25) is 0 Å². The van der Waals surface area contributed by atoms with Crippen molar-refractivity contribution < 1.29 is 9.59 Å². The molecule has 4 rings (SSSR count). The molecule has 186 valence electrons. The van der Waals surface area contributed by atoms with Gasteiger partial charge in [-0.15, -0.1) is 0 Å². The van der Waals surface area contributed by atoms with Crippen LogP contribution in [-0.4, -0.2) is 50.7 Å². The SMILES string of the molecule is CC[C@@H](NC(=O)c1cnc2c(cnn2CC)c1NC1CCN(C(N)=O)CC1)c1c(C)cccc1C. The van der Waals surface area contributed by atoms with Gasteiger partial charge in [0.25, 0.3) is 5.91 Å². The predicted molar refractivity (Wildman–Crippen MR) is 137 cm³/mol. The molecule has 1 aliphatic rings. The van der Waals surface area contributed by atoms with Gasteiger partial charge in [0.1, 0.15) is 0 Å². The maximum Gasteiger partial charge on any atom is 0.314 e. The van der Waals surface area contributed by atoms with Crippen LogP contribution >= 0.6 is 0 Å². The Bertz CT molecular complexity index is 1210. The van der Waals surface area contributed by atoms with Crippen molar-refractivity contribution in [3.63, 3.8) is 0 Å². The van der Waals surface area contributed by atoms with Crippen molar-refractivity contribution in [3.05, 3.63) is 52.8 Å². The van der Waals surface area contributed by atoms with E-state index in [0.29, 0.717) is 25.2 Å². The van der Waals surface area contributed by atoms with Crippen molar-refractivity contribution in [1.29, 1.82) is 0 Å². The average molecular weight is 478 g/mol. The number of fused-ring (bicyclic) bond motifs is 1. The van der Waals surface area contributed by atoms with E-state index in [9.17, 15) is 9.59 Å². The molecule has 2 aromatic heterocycles. The second kappa shape index (κ2) is 10.3. The fourth-order valence-electron chi connectivity index (χ4n) is 5.03. The minimum absolute atomic E-state index is 0.105. The smallest absolute Gasteiger partial charge is 0.314 e. The number of hydrogen-bond acceptors (Lipinski definition) is 5. The van der Waals surface area contributed by atoms with E-state index in [1.807, 2.05) is 17.7 Å². The zero-order valence-electron chi connectivity index (χ0n) is 21.0. The summed E-state index contributed by atoms with van der Waals surface area (Å²) >= 11 is 0. The largest absolute Gasteiger partial charge is 0.381 e. The molecule has 3 aromatic rings. The Balaban J connectivity index is 1.66. The van der Waals surface area contributed by atoms with Gasteiger partial charge >= 0.3 is 6.03 Å². The second-order valence-corrected chi connectivity index (χ2v) is 9.23. The summed E-state index contributed by atoms with van der Waals surface area (Å²) in [6, 6.07) is 5.80. The van der Waals surface area contributed by atoms with Crippen LogP contribution in [0.3, 0.4) is 0 Å². The van der Waals surface area contributed by atoms with Gasteiger partial charge < -0.3 is 21.3 Å². The van der Waals surface area contributed by atoms with Crippen molar-refractivity contribution in [1.82, 2.24) is 25.0 Å². The molecule has 9 heteroatoms. The Labute approximate surface area is 206 Å². The zero-order chi connectivity index (χ0) is 25.1. The number of hydrogen-bond donors (Lipinski definition) is 3. The third-order valence-electron chi connectivity index (χ3n) is 6.97. The molecule has 0 saturated carbocycles. The van der Waals surface area contributed by atoms with Gasteiger partial charge in [0.2, 0.25) is 0 Å². The van der Waals surface area contributed by atoms with Crippen molar-refractivity contribution in [2.75, 3.05) is 18.4 Å². The molecule has 0 radical (unpaired) electrons. The molecular formula is C26H35N7O2. The minimum atomic E-state index is -0.392. The molecule has 1 aliphatic heterocycles. The first-order valence-electron chi connectivity index (χ1n) is 12.4. The van der Waals surface area contributed by atoms with Crippen LogP contribution in [0.25, 0.3) is 11.0 Å². The summed E-state index contributed by atoms with van der Waals surface area (Å²) in [6.45, 7) is 10.1. The molecule has 0 unspecified atom stereocenters. The number of nitrogens with one attached hydrogen (secondary N) is 2. The third-order valence-corrected chi connectivity index (χ3v) is 6.97. The zero-order valence-corrected chi connectivity index (χ0v) is 21.0. The van der Waals surface area contributed by atoms with E-state index in [1.165, 1.54) is 0 Å². The van der Waals surface area contributed by atoms with Crippen molar-refractivity contribution in [2.45, 2.75) is 65.6 Å². The molecule has 1 fully saturated rings. The maximum atomic E-state index is 13.6. The van der Waals surface area contributed by atoms with Gasteiger partial charge in [-0.2, -0.15) is 5.10 Å². The van der Waals surface area contributed by atoms with Gasteiger partial charge in [0, 0.05) is 31.9 Å². The van der Waals surface area contributed by atoms with Gasteiger partial charge in [0.15, 0.2) is 5.65 Å². The summed E-state index contributed by atoms with van der Waals surface area (Å²) in [5, 5.41) is 12.1. The van der Waals surface area contributed by atoms with Gasteiger partial charge in [0.05, 0.1) is 28.9 Å². The number of benzene rings is 1. The fraction of sp³-hybridized carbons (Fsp3) is 0.462. The quantitative estimate of drug-likeness (QED) is 0.477. The van der Waals surface area contributed by atoms with Crippen LogP contribution in [0.5, 0.6) is 0 Å². The molecule has 9 nitrogen and oxygen atoms in total. The highest BCUT2D eigenvalue weighted by atomic mass is 16.2. The molecule has 3 heterocycles. The number of aryl methyl sites for hydroxylation is 3. The molecular weight excluding hydrogens is 442 g/mol. The average Bonchev–Trinajstić information content (AvgIpc) is 3.27. The van der Waals surface area contributed by atoms with Gasteiger partial charge in [-0.1, -0.05) is 25.1 Å². The lowest BCUT2D eigenvalue weighted by Gasteiger charge is -2.32. The summed E-state index contributed by atoms with van der Waals surface area (Å²) in [6.07, 6.45) is 5.68. The first-order valence-corrected chi connectivity index (χ1v) is 12.4. The molecule has 1 atom stereocenters. The van der Waals surface area contributed by atoms with E-state index in [2.05, 4.69) is 53.6 Å². The normalized spacial score (nSPS) is 15.3. The lowest BCUT2D eigenvalue weighted by atomic mass is 9.94. The Kier molecular flexibility index (Phi) is 7.23. The van der Waals surface area contributed by atoms with Crippen LogP contribution in [0.4, 0.5) is 10.5 Å². The predicted octanol–water partition coefficient (Wildman–Crippen LogP) is 3.90. The van der Waals surface area contributed by atoms with Gasteiger partial charge in [-0.3, -0.25) is 4.79 Å². The van der Waals surface area contributed by atoms with E-state index < -0.39 is 6.03 Å². The summed E-state index contributed by atoms with van der Waals surface area (Å²) in [4.78, 5) is 31.4. The number of carbonyl (C=O) groups is 2. The third kappa shape index (κ3) is 4.94. The fourth-order valence-corrected chi connectivity index (χ4v) is 5.03. The Morgan fingerprint density at radius 3 is 2.43 bits per heavy atom. The number of pyridine rings is 1. The number of anilines is 1. The number of nitrogens with two attached hydrogens (primary N) is 1. The number of primary amides is 1. The molecule has 3 amide bonds. The van der Waals surface area contributed by atoms with Gasteiger partial charge in [-0.25, -0.2) is 14.5 Å². The minimum Gasteiger partial charge on any atom is -0.381 e. The van der Waals surface area contributed by atoms with E-state index in [0.717, 1.165) is 52.7 Å². The first-order chi connectivity index (χ1) is 16.8. The van der Waals surface area contributed by atoms with E-state index in [-0.39, 0.29) is 18.0 Å². The molecule has 4 N–H and O–H groups in total. The topological polar surface area (TPSA) is 118 Å². The van der Waals surface area contributed by atoms with Crippen LogP contribution in [-0.2, 0) is 6.54 Å². The molecule has 0 spiro atoms. The van der Waals surface area contributed by atoms with E-state index >= 15 is 0 Å². The number of likely N-dealkylation sites (tertiary alicyclic amines) is 1. The number of rotatable bonds is 7. The lowest BCUT2D eigenvalue weighted by molar-refractivity contribution is 0.0936. The summed E-state index contributed by atoms with van der Waals surface area (Å²) < 4.78 is 1.82. The van der Waals surface area contributed by atoms with Crippen LogP contribution in [0.15, 0.2) is 30.6 Å². The number of aromatic nitrogens is 3. The monoisotopic (exact) mass is 477 g/mol. The standard InChI is InChI=1S/C26H35N7O2/c1-5-21(22-16(3)8-7-9-17(22)4)31-25(34)20-14-28-24-19(15-29-33(24)6-2)23(20)30-18-10-12-32(13-11-18)26(27)35/h7-9,14-15,18,21H,5-6,10-13H2,1-4H3,(H2,27,35)(H,28,30)(H,31,34)/t21-/m1/s1. The summed E-state index contributed by atoms with van der Waals surface area (Å²) in [7, 11) is 0. The lowest BCUT2D eigenvalue weighted by Crippen LogP contribution is -2.45. The maximum absolute atomic E-state index is 13.6. The molecule has 35 heavy (non-hydrogen) atoms. The first kappa shape index (κ1) is 24.5. The van der Waals surface area contributed by atoms with Gasteiger partial charge in [-0.05, 0) is 56.7 Å². The number of carbonyl (C=O) groups excluding carboxylic acids is 2. The highest BCUT2D eigenvalue weighted by Crippen LogP contribution is 2.30. The Hall–Kier alpha value is -3.62. The van der Waals surface area contributed by atoms with E-state index in [1.54, 1.807) is 17.3 Å². The van der Waals surface area contributed by atoms with Crippen LogP contribution in [0, 0.1) is 13.8 Å². The molecule has 0 aliphatic carbocycles. The summed E-state index contributed by atoms with van der Waals surface area (Å²) in [5.74, 6) is -0.171. The molecule has 0 bridgehead atoms. The highest BCUT2D eigenvalue weighted by Gasteiger charge is 2.26. The Morgan fingerprint density at radius 2 is 1.83 bits per heavy atom. The van der Waals surface area contributed by atoms with Crippen LogP contribution < -0.4 is 16.4 Å². The van der Waals surface area contributed by atoms with E-state index in [4.69, 9.17) is 5.73 Å². The Morgan fingerprint density at radius 1 is 1.14 bits per heavy atom. The summed E-state index contributed by atoms with van der Waals surface area (Å²) in [5.41, 5.74) is 10.9. The number of nitrogens with zero attached hydrogens (tertiary/aromatic N) is 4. The number of urea groups is 1. The number of amides is 3. The van der Waals surface area contributed by atoms with Crippen molar-refractivity contribution >= 4 is 28.7 Å². The molecule has 1 aromatic carbocycles. The van der Waals surface area contributed by atoms with Crippen LogP contribution in [0.1, 0.15) is 66.2 Å². The highest BCUT2D eigenvalue weighted by molar-refractivity contribution is 6.06.